The van der Waals surface area contributed by atoms with E-state index in [1.165, 1.54) is 21.9 Å². The molecule has 0 N–H and O–H groups in total. The van der Waals surface area contributed by atoms with Crippen molar-refractivity contribution in [3.8, 4) is 0 Å². The maximum atomic E-state index is 13.6. The molecule has 0 bridgehead atoms. The van der Waals surface area contributed by atoms with E-state index in [1.54, 1.807) is 20.8 Å². The first kappa shape index (κ1) is 24.7. The lowest BCUT2D eigenvalue weighted by Crippen LogP contribution is -2.49. The fourth-order valence-electron chi connectivity index (χ4n) is 3.93. The summed E-state index contributed by atoms with van der Waals surface area (Å²) in [4.78, 5) is 39.1. The number of esters is 1. The van der Waals surface area contributed by atoms with E-state index < -0.39 is 41.1 Å². The number of carbonyl (C=O) groups is 3. The molecule has 0 unspecified atom stereocenters. The molecule has 0 aliphatic carbocycles. The molecule has 182 valence electrons. The Hall–Kier alpha value is -2.98. The van der Waals surface area contributed by atoms with Crippen molar-refractivity contribution in [3.63, 3.8) is 0 Å². The van der Waals surface area contributed by atoms with Crippen LogP contribution < -0.4 is 0 Å². The van der Waals surface area contributed by atoms with Gasteiger partial charge in [-0.1, -0.05) is 6.07 Å². The number of nitrogens with zero attached hydrogens (tertiary/aromatic N) is 2. The zero-order chi connectivity index (χ0) is 24.6. The number of likely N-dealkylation sites (tertiary alicyclic amines) is 1. The minimum Gasteiger partial charge on any atom is -0.465 e. The Morgan fingerprint density at radius 2 is 1.79 bits per heavy atom. The molecule has 2 fully saturated rings. The fraction of sp³-hybridized carbons (Fsp3) is 0.591. The first-order chi connectivity index (χ1) is 15.2. The summed E-state index contributed by atoms with van der Waals surface area (Å²) in [5.41, 5.74) is -2.92. The van der Waals surface area contributed by atoms with Crippen molar-refractivity contribution >= 4 is 18.2 Å². The second kappa shape index (κ2) is 8.75. The number of carbonyl (C=O) groups excluding carboxylic acids is 3. The number of ether oxygens (including phenoxy) is 3. The van der Waals surface area contributed by atoms with Crippen LogP contribution >= 0.6 is 0 Å². The molecule has 2 aliphatic heterocycles. The Morgan fingerprint density at radius 1 is 1.15 bits per heavy atom. The van der Waals surface area contributed by atoms with Gasteiger partial charge in [-0.3, -0.25) is 4.90 Å². The molecule has 0 saturated carbocycles. The largest absolute Gasteiger partial charge is 0.465 e. The topological polar surface area (TPSA) is 85.4 Å². The predicted molar refractivity (Wildman–Crippen MR) is 109 cm³/mol. The maximum absolute atomic E-state index is 13.6. The van der Waals surface area contributed by atoms with E-state index in [0.717, 1.165) is 13.2 Å². The molecule has 2 aliphatic rings. The van der Waals surface area contributed by atoms with Gasteiger partial charge in [-0.05, 0) is 38.5 Å². The summed E-state index contributed by atoms with van der Waals surface area (Å²) >= 11 is 0. The molecule has 2 amide bonds. The molecule has 3 rings (SSSR count). The van der Waals surface area contributed by atoms with Gasteiger partial charge >= 0.3 is 24.3 Å². The molecule has 1 aromatic carbocycles. The van der Waals surface area contributed by atoms with Gasteiger partial charge in [-0.2, -0.15) is 13.2 Å². The van der Waals surface area contributed by atoms with Crippen LogP contribution in [-0.2, 0) is 26.9 Å². The van der Waals surface area contributed by atoms with Crippen molar-refractivity contribution in [1.29, 1.82) is 0 Å². The van der Waals surface area contributed by atoms with Gasteiger partial charge in [0.25, 0.3) is 0 Å². The lowest BCUT2D eigenvalue weighted by molar-refractivity contribution is -0.138. The van der Waals surface area contributed by atoms with Crippen molar-refractivity contribution in [1.82, 2.24) is 9.80 Å². The van der Waals surface area contributed by atoms with Crippen LogP contribution in [0.25, 0.3) is 0 Å². The van der Waals surface area contributed by atoms with Gasteiger partial charge in [-0.15, -0.1) is 0 Å². The molecular weight excluding hydrogens is 445 g/mol. The number of benzene rings is 1. The third-order valence-corrected chi connectivity index (χ3v) is 5.56. The van der Waals surface area contributed by atoms with Crippen LogP contribution in [0.4, 0.5) is 22.8 Å². The minimum atomic E-state index is -4.72. The summed E-state index contributed by atoms with van der Waals surface area (Å²) in [6.07, 6.45) is -5.20. The van der Waals surface area contributed by atoms with E-state index in [4.69, 9.17) is 9.47 Å². The third kappa shape index (κ3) is 5.69. The molecule has 0 atom stereocenters. The third-order valence-electron chi connectivity index (χ3n) is 5.56. The number of halogens is 3. The molecule has 11 heteroatoms. The van der Waals surface area contributed by atoms with Crippen LogP contribution in [0.2, 0.25) is 0 Å². The Balaban J connectivity index is 1.71. The highest BCUT2D eigenvalue weighted by atomic mass is 19.4. The van der Waals surface area contributed by atoms with E-state index in [9.17, 15) is 27.6 Å². The summed E-state index contributed by atoms with van der Waals surface area (Å²) in [5, 5.41) is 0. The zero-order valence-electron chi connectivity index (χ0n) is 19.0. The Bertz CT molecular complexity index is 933. The van der Waals surface area contributed by atoms with Gasteiger partial charge in [0.1, 0.15) is 11.2 Å². The SMILES string of the molecule is COC(=O)c1ccc(CN2CC3(CCN(C(=O)OC(C)(C)C)CC3)OC2=O)c(C(F)(F)F)c1. The van der Waals surface area contributed by atoms with Gasteiger partial charge in [0, 0.05) is 32.5 Å². The summed E-state index contributed by atoms with van der Waals surface area (Å²) < 4.78 is 56.3. The summed E-state index contributed by atoms with van der Waals surface area (Å²) in [5.74, 6) is -0.886. The molecule has 1 spiro atoms. The van der Waals surface area contributed by atoms with Gasteiger partial charge in [0.15, 0.2) is 0 Å². The first-order valence-electron chi connectivity index (χ1n) is 10.5. The predicted octanol–water partition coefficient (Wildman–Crippen LogP) is 4.21. The molecule has 2 heterocycles. The molecule has 33 heavy (non-hydrogen) atoms. The van der Waals surface area contributed by atoms with E-state index in [-0.39, 0.29) is 24.2 Å². The van der Waals surface area contributed by atoms with Gasteiger partial charge in [0.2, 0.25) is 0 Å². The van der Waals surface area contributed by atoms with E-state index in [1.807, 2.05) is 0 Å². The molecule has 1 aromatic rings. The van der Waals surface area contributed by atoms with Gasteiger partial charge in [-0.25, -0.2) is 14.4 Å². The second-order valence-corrected chi connectivity index (χ2v) is 9.24. The smallest absolute Gasteiger partial charge is 0.416 e. The summed E-state index contributed by atoms with van der Waals surface area (Å²) in [6, 6.07) is 3.11. The van der Waals surface area contributed by atoms with Gasteiger partial charge < -0.3 is 19.1 Å². The average molecular weight is 472 g/mol. The first-order valence-corrected chi connectivity index (χ1v) is 10.5. The van der Waals surface area contributed by atoms with Crippen molar-refractivity contribution in [2.24, 2.45) is 0 Å². The van der Waals surface area contributed by atoms with Crippen molar-refractivity contribution < 1.29 is 41.8 Å². The Kier molecular flexibility index (Phi) is 6.54. The van der Waals surface area contributed by atoms with Crippen molar-refractivity contribution in [3.05, 3.63) is 34.9 Å². The fourth-order valence-corrected chi connectivity index (χ4v) is 3.93. The Morgan fingerprint density at radius 3 is 2.33 bits per heavy atom. The monoisotopic (exact) mass is 472 g/mol. The molecule has 2 saturated heterocycles. The molecule has 8 nitrogen and oxygen atoms in total. The lowest BCUT2D eigenvalue weighted by atomic mass is 9.91. The highest BCUT2D eigenvalue weighted by Gasteiger charge is 2.48. The second-order valence-electron chi connectivity index (χ2n) is 9.24. The van der Waals surface area contributed by atoms with E-state index >= 15 is 0 Å². The lowest BCUT2D eigenvalue weighted by Gasteiger charge is -2.37. The van der Waals surface area contributed by atoms with Gasteiger partial charge in [0.05, 0.1) is 24.8 Å². The van der Waals surface area contributed by atoms with Crippen LogP contribution in [0.5, 0.6) is 0 Å². The van der Waals surface area contributed by atoms with E-state index in [2.05, 4.69) is 4.74 Å². The average Bonchev–Trinajstić information content (AvgIpc) is 3.00. The zero-order valence-corrected chi connectivity index (χ0v) is 19.0. The van der Waals surface area contributed by atoms with Crippen molar-refractivity contribution in [2.75, 3.05) is 26.7 Å². The molecular formula is C22H27F3N2O6. The Labute approximate surface area is 189 Å². The number of methoxy groups -OCH3 is 1. The minimum absolute atomic E-state index is 0.101. The number of alkyl halides is 3. The number of piperidine rings is 1. The van der Waals surface area contributed by atoms with Crippen LogP contribution in [0.15, 0.2) is 18.2 Å². The quantitative estimate of drug-likeness (QED) is 0.484. The summed E-state index contributed by atoms with van der Waals surface area (Å²) in [7, 11) is 1.08. The maximum Gasteiger partial charge on any atom is 0.416 e. The highest BCUT2D eigenvalue weighted by Crippen LogP contribution is 2.37. The number of amides is 2. The number of hydrogen-bond acceptors (Lipinski definition) is 6. The summed E-state index contributed by atoms with van der Waals surface area (Å²) in [6.45, 7) is 5.67. The number of hydrogen-bond donors (Lipinski definition) is 0. The van der Waals surface area contributed by atoms with Crippen LogP contribution in [0.3, 0.4) is 0 Å². The van der Waals surface area contributed by atoms with E-state index in [0.29, 0.717) is 25.9 Å². The van der Waals surface area contributed by atoms with Crippen LogP contribution in [-0.4, -0.2) is 65.9 Å². The highest BCUT2D eigenvalue weighted by molar-refractivity contribution is 5.89. The molecule has 0 radical (unpaired) electrons. The standard InChI is InChI=1S/C22H27F3N2O6/c1-20(2,3)32-18(29)26-9-7-21(8-10-26)13-27(19(30)33-21)12-15-6-5-14(17(28)31-4)11-16(15)22(23,24)25/h5-6,11H,7-10,12-13H2,1-4H3. The number of rotatable bonds is 3. The van der Waals surface area contributed by atoms with Crippen LogP contribution in [0.1, 0.15) is 55.1 Å². The van der Waals surface area contributed by atoms with Crippen molar-refractivity contribution in [2.45, 2.75) is 57.5 Å². The van der Waals surface area contributed by atoms with Crippen LogP contribution in [0, 0.1) is 0 Å². The normalized spacial score (nSPS) is 18.3. The molecule has 0 aromatic heterocycles.